The van der Waals surface area contributed by atoms with Crippen LogP contribution in [0.15, 0.2) is 16.3 Å². The molecule has 2 aromatic heterocycles. The maximum Gasteiger partial charge on any atom is 0.253 e. The number of rotatable bonds is 4. The number of sulfonamides is 1. The summed E-state index contributed by atoms with van der Waals surface area (Å²) in [5.41, 5.74) is 1.07. The first-order chi connectivity index (χ1) is 12.4. The van der Waals surface area contributed by atoms with Gasteiger partial charge in [0, 0.05) is 11.4 Å². The summed E-state index contributed by atoms with van der Waals surface area (Å²) in [6.45, 7) is 0.338. The molecule has 26 heavy (non-hydrogen) atoms. The number of hydrogen-bond acceptors (Lipinski definition) is 6. The molecule has 1 N–H and O–H groups in total. The monoisotopic (exact) mass is 431 g/mol. The van der Waals surface area contributed by atoms with Crippen molar-refractivity contribution in [3.63, 3.8) is 0 Å². The Hall–Kier alpha value is -1.000. The van der Waals surface area contributed by atoms with Gasteiger partial charge in [-0.05, 0) is 50.7 Å². The minimum Gasteiger partial charge on any atom is -0.301 e. The largest absolute Gasteiger partial charge is 0.301 e. The maximum atomic E-state index is 12.9. The highest BCUT2D eigenvalue weighted by Gasteiger charge is 2.40. The molecule has 1 atom stereocenters. The number of nitrogens with zero attached hydrogens (tertiary/aromatic N) is 2. The van der Waals surface area contributed by atoms with Gasteiger partial charge in [-0.1, -0.05) is 11.6 Å². The van der Waals surface area contributed by atoms with Gasteiger partial charge in [-0.25, -0.2) is 13.4 Å². The standard InChI is InChI=1S/C16H18ClN3O3S3/c17-13-7-8-14(25-13)26(22,23)20-9-3-5-11(20)15(21)19-16-18-10-4-1-2-6-12(10)24-16/h7-8,11H,1-6,9H2,(H,18,19,21). The second kappa shape index (κ2) is 7.20. The van der Waals surface area contributed by atoms with E-state index in [0.717, 1.165) is 42.7 Å². The summed E-state index contributed by atoms with van der Waals surface area (Å²) in [4.78, 5) is 18.5. The van der Waals surface area contributed by atoms with Crippen molar-refractivity contribution in [2.75, 3.05) is 11.9 Å². The minimum absolute atomic E-state index is 0.173. The van der Waals surface area contributed by atoms with Crippen molar-refractivity contribution in [2.45, 2.75) is 48.8 Å². The van der Waals surface area contributed by atoms with E-state index in [4.69, 9.17) is 11.6 Å². The van der Waals surface area contributed by atoms with Crippen molar-refractivity contribution in [1.29, 1.82) is 0 Å². The second-order valence-corrected chi connectivity index (χ2v) is 11.3. The molecule has 1 unspecified atom stereocenters. The minimum atomic E-state index is -3.72. The van der Waals surface area contributed by atoms with E-state index in [0.29, 0.717) is 28.9 Å². The number of anilines is 1. The topological polar surface area (TPSA) is 79.4 Å². The van der Waals surface area contributed by atoms with Crippen LogP contribution >= 0.6 is 34.3 Å². The average Bonchev–Trinajstić information content (AvgIpc) is 3.33. The Morgan fingerprint density at radius 2 is 2.04 bits per heavy atom. The van der Waals surface area contributed by atoms with Crippen LogP contribution in [0.3, 0.4) is 0 Å². The van der Waals surface area contributed by atoms with Crippen LogP contribution in [0.25, 0.3) is 0 Å². The summed E-state index contributed by atoms with van der Waals surface area (Å²) in [7, 11) is -3.72. The Morgan fingerprint density at radius 3 is 2.77 bits per heavy atom. The Labute approximate surface area is 165 Å². The smallest absolute Gasteiger partial charge is 0.253 e. The predicted octanol–water partition coefficient (Wildman–Crippen LogP) is 3.53. The molecule has 6 nitrogen and oxygen atoms in total. The summed E-state index contributed by atoms with van der Waals surface area (Å²) in [5, 5.41) is 3.41. The van der Waals surface area contributed by atoms with E-state index in [2.05, 4.69) is 10.3 Å². The van der Waals surface area contributed by atoms with Crippen LogP contribution in [-0.4, -0.2) is 36.2 Å². The van der Waals surface area contributed by atoms with E-state index in [9.17, 15) is 13.2 Å². The zero-order chi connectivity index (χ0) is 18.3. The first-order valence-corrected chi connectivity index (χ1v) is 12.0. The number of hydrogen-bond donors (Lipinski definition) is 1. The number of aromatic nitrogens is 1. The SMILES string of the molecule is O=C(Nc1nc2c(s1)CCCC2)C1CCCN1S(=O)(=O)c1ccc(Cl)s1. The number of fused-ring (bicyclic) bond motifs is 1. The lowest BCUT2D eigenvalue weighted by Gasteiger charge is -2.22. The maximum absolute atomic E-state index is 12.9. The van der Waals surface area contributed by atoms with E-state index in [1.807, 2.05) is 0 Å². The number of thiophene rings is 1. The highest BCUT2D eigenvalue weighted by Crippen LogP contribution is 2.33. The average molecular weight is 432 g/mol. The molecule has 0 spiro atoms. The van der Waals surface area contributed by atoms with Crippen molar-refractivity contribution >= 4 is 55.3 Å². The van der Waals surface area contributed by atoms with Crippen molar-refractivity contribution in [3.8, 4) is 0 Å². The van der Waals surface area contributed by atoms with Gasteiger partial charge < -0.3 is 5.32 Å². The highest BCUT2D eigenvalue weighted by atomic mass is 35.5. The van der Waals surface area contributed by atoms with Crippen molar-refractivity contribution in [2.24, 2.45) is 0 Å². The summed E-state index contributed by atoms with van der Waals surface area (Å²) in [6, 6.07) is 2.34. The molecule has 0 radical (unpaired) electrons. The predicted molar refractivity (Wildman–Crippen MR) is 104 cm³/mol. The van der Waals surface area contributed by atoms with Gasteiger partial charge in [-0.3, -0.25) is 4.79 Å². The third-order valence-electron chi connectivity index (χ3n) is 4.69. The molecule has 2 aliphatic rings. The summed E-state index contributed by atoms with van der Waals surface area (Å²) in [5.74, 6) is -0.306. The Kier molecular flexibility index (Phi) is 5.08. The van der Waals surface area contributed by atoms with Gasteiger partial charge in [-0.15, -0.1) is 22.7 Å². The molecule has 0 bridgehead atoms. The van der Waals surface area contributed by atoms with Crippen LogP contribution in [-0.2, 0) is 27.7 Å². The summed E-state index contributed by atoms with van der Waals surface area (Å²) < 4.78 is 27.6. The molecule has 0 aromatic carbocycles. The molecular formula is C16H18ClN3O3S3. The Bertz CT molecular complexity index is 914. The van der Waals surface area contributed by atoms with E-state index < -0.39 is 16.1 Å². The highest BCUT2D eigenvalue weighted by molar-refractivity contribution is 7.91. The normalized spacial score (nSPS) is 20.9. The molecule has 1 saturated heterocycles. The number of halogens is 1. The van der Waals surface area contributed by atoms with Gasteiger partial charge in [-0.2, -0.15) is 4.31 Å². The Balaban J connectivity index is 1.52. The van der Waals surface area contributed by atoms with Crippen LogP contribution < -0.4 is 5.32 Å². The van der Waals surface area contributed by atoms with Crippen molar-refractivity contribution in [3.05, 3.63) is 27.0 Å². The lowest BCUT2D eigenvalue weighted by atomic mass is 10.0. The fourth-order valence-corrected chi connectivity index (χ4v) is 7.76. The lowest BCUT2D eigenvalue weighted by molar-refractivity contribution is -0.119. The van der Waals surface area contributed by atoms with Gasteiger partial charge in [0.1, 0.15) is 10.3 Å². The zero-order valence-corrected chi connectivity index (χ0v) is 17.1. The van der Waals surface area contributed by atoms with Crippen LogP contribution in [0.2, 0.25) is 4.34 Å². The molecule has 3 heterocycles. The van der Waals surface area contributed by atoms with Crippen LogP contribution in [0, 0.1) is 0 Å². The molecular weight excluding hydrogens is 414 g/mol. The van der Waals surface area contributed by atoms with E-state index in [1.165, 1.54) is 26.6 Å². The van der Waals surface area contributed by atoms with Gasteiger partial charge in [0.05, 0.1) is 10.0 Å². The van der Waals surface area contributed by atoms with Crippen LogP contribution in [0.5, 0.6) is 0 Å². The van der Waals surface area contributed by atoms with Crippen LogP contribution in [0.4, 0.5) is 5.13 Å². The molecule has 4 rings (SSSR count). The van der Waals surface area contributed by atoms with Crippen LogP contribution in [0.1, 0.15) is 36.3 Å². The molecule has 140 valence electrons. The molecule has 0 saturated carbocycles. The Morgan fingerprint density at radius 1 is 1.23 bits per heavy atom. The number of carbonyl (C=O) groups is 1. The first-order valence-electron chi connectivity index (χ1n) is 8.52. The molecule has 1 amide bonds. The first kappa shape index (κ1) is 18.4. The lowest BCUT2D eigenvalue weighted by Crippen LogP contribution is -2.42. The molecule has 2 aromatic rings. The van der Waals surface area contributed by atoms with Gasteiger partial charge in [0.2, 0.25) is 5.91 Å². The number of aryl methyl sites for hydroxylation is 2. The molecule has 1 aliphatic heterocycles. The molecule has 1 aliphatic carbocycles. The van der Waals surface area contributed by atoms with Gasteiger partial charge in [0.15, 0.2) is 5.13 Å². The summed E-state index contributed by atoms with van der Waals surface area (Å²) in [6.07, 6.45) is 5.40. The number of nitrogens with one attached hydrogen (secondary N) is 1. The third-order valence-corrected chi connectivity index (χ3v) is 9.37. The quantitative estimate of drug-likeness (QED) is 0.803. The molecule has 10 heteroatoms. The van der Waals surface area contributed by atoms with Crippen molar-refractivity contribution < 1.29 is 13.2 Å². The van der Waals surface area contributed by atoms with Gasteiger partial charge in [0.25, 0.3) is 10.0 Å². The number of carbonyl (C=O) groups excluding carboxylic acids is 1. The van der Waals surface area contributed by atoms with E-state index in [1.54, 1.807) is 6.07 Å². The second-order valence-electron chi connectivity index (χ2n) is 6.42. The zero-order valence-electron chi connectivity index (χ0n) is 13.9. The fourth-order valence-electron chi connectivity index (χ4n) is 3.44. The fraction of sp³-hybridized carbons (Fsp3) is 0.500. The number of amides is 1. The third kappa shape index (κ3) is 3.43. The van der Waals surface area contributed by atoms with Gasteiger partial charge >= 0.3 is 0 Å². The number of thiazole rings is 1. The van der Waals surface area contributed by atoms with E-state index >= 15 is 0 Å². The summed E-state index contributed by atoms with van der Waals surface area (Å²) >= 11 is 8.39. The molecule has 1 fully saturated rings. The van der Waals surface area contributed by atoms with E-state index in [-0.39, 0.29) is 10.1 Å². The van der Waals surface area contributed by atoms with Crippen molar-refractivity contribution in [1.82, 2.24) is 9.29 Å².